The Kier molecular flexibility index (Phi) is 4.14. The van der Waals surface area contributed by atoms with Crippen LogP contribution in [0.25, 0.3) is 0 Å². The van der Waals surface area contributed by atoms with Crippen molar-refractivity contribution < 1.29 is 4.79 Å². The van der Waals surface area contributed by atoms with E-state index in [0.29, 0.717) is 0 Å². The van der Waals surface area contributed by atoms with Crippen LogP contribution in [0, 0.1) is 0 Å². The molecule has 0 bridgehead atoms. The average molecular weight is 305 g/mol. The van der Waals surface area contributed by atoms with Gasteiger partial charge in [-0.05, 0) is 6.07 Å². The van der Waals surface area contributed by atoms with Crippen molar-refractivity contribution in [3.63, 3.8) is 0 Å². The van der Waals surface area contributed by atoms with Crippen molar-refractivity contribution in [1.82, 2.24) is 15.4 Å². The van der Waals surface area contributed by atoms with Gasteiger partial charge in [0.15, 0.2) is 0 Å². The number of halogens is 1. The standard InChI is InChI=1S/C12H9BrN4O/c13-10-4-2-1-3-9(10)7-16-17-12(18)11-8-14-5-6-15-11/h1-8H,(H,17,18)/b16-7+. The number of nitrogens with zero attached hydrogens (tertiary/aromatic N) is 3. The van der Waals surface area contributed by atoms with Crippen molar-refractivity contribution >= 4 is 28.1 Å². The molecule has 0 aliphatic heterocycles. The molecule has 0 aliphatic rings. The second-order valence-electron chi connectivity index (χ2n) is 3.31. The highest BCUT2D eigenvalue weighted by atomic mass is 79.9. The Morgan fingerprint density at radius 1 is 1.33 bits per heavy atom. The van der Waals surface area contributed by atoms with Gasteiger partial charge >= 0.3 is 0 Å². The summed E-state index contributed by atoms with van der Waals surface area (Å²) in [4.78, 5) is 19.2. The van der Waals surface area contributed by atoms with Gasteiger partial charge in [0.2, 0.25) is 0 Å². The SMILES string of the molecule is O=C(N/N=C/c1ccccc1Br)c1cnccn1. The molecule has 0 spiro atoms. The molecule has 5 nitrogen and oxygen atoms in total. The molecule has 1 amide bonds. The van der Waals surface area contributed by atoms with E-state index in [-0.39, 0.29) is 5.69 Å². The summed E-state index contributed by atoms with van der Waals surface area (Å²) in [7, 11) is 0. The fourth-order valence-corrected chi connectivity index (χ4v) is 1.60. The van der Waals surface area contributed by atoms with Crippen LogP contribution in [-0.2, 0) is 0 Å². The maximum Gasteiger partial charge on any atom is 0.291 e. The summed E-state index contributed by atoms with van der Waals surface area (Å²) in [6, 6.07) is 7.56. The van der Waals surface area contributed by atoms with Crippen molar-refractivity contribution in [2.45, 2.75) is 0 Å². The van der Waals surface area contributed by atoms with E-state index in [1.54, 1.807) is 6.21 Å². The van der Waals surface area contributed by atoms with Crippen LogP contribution >= 0.6 is 15.9 Å². The van der Waals surface area contributed by atoms with E-state index in [9.17, 15) is 4.79 Å². The number of nitrogens with one attached hydrogen (secondary N) is 1. The van der Waals surface area contributed by atoms with Crippen LogP contribution in [0.5, 0.6) is 0 Å². The highest BCUT2D eigenvalue weighted by Crippen LogP contribution is 2.13. The molecule has 0 saturated heterocycles. The van der Waals surface area contributed by atoms with E-state index in [4.69, 9.17) is 0 Å². The first-order chi connectivity index (χ1) is 8.77. The lowest BCUT2D eigenvalue weighted by Gasteiger charge is -1.98. The lowest BCUT2D eigenvalue weighted by molar-refractivity contribution is 0.0950. The second-order valence-corrected chi connectivity index (χ2v) is 4.17. The minimum atomic E-state index is -0.397. The zero-order valence-electron chi connectivity index (χ0n) is 9.25. The van der Waals surface area contributed by atoms with Gasteiger partial charge in [0, 0.05) is 22.4 Å². The third kappa shape index (κ3) is 3.21. The molecule has 0 fully saturated rings. The predicted molar refractivity (Wildman–Crippen MR) is 71.2 cm³/mol. The van der Waals surface area contributed by atoms with E-state index in [1.807, 2.05) is 24.3 Å². The first-order valence-corrected chi connectivity index (χ1v) is 5.90. The summed E-state index contributed by atoms with van der Waals surface area (Å²) in [5.74, 6) is -0.397. The normalized spacial score (nSPS) is 10.5. The summed E-state index contributed by atoms with van der Waals surface area (Å²) in [5, 5.41) is 3.86. The number of hydrogen-bond donors (Lipinski definition) is 1. The van der Waals surface area contributed by atoms with Gasteiger partial charge in [-0.1, -0.05) is 34.1 Å². The molecule has 18 heavy (non-hydrogen) atoms. The van der Waals surface area contributed by atoms with Gasteiger partial charge in [-0.3, -0.25) is 9.78 Å². The fraction of sp³-hybridized carbons (Fsp3) is 0. The number of amides is 1. The number of rotatable bonds is 3. The molecular weight excluding hydrogens is 296 g/mol. The lowest BCUT2D eigenvalue weighted by Crippen LogP contribution is -2.19. The Labute approximate surface area is 112 Å². The Morgan fingerprint density at radius 3 is 2.89 bits per heavy atom. The zero-order valence-corrected chi connectivity index (χ0v) is 10.8. The summed E-state index contributed by atoms with van der Waals surface area (Å²) in [5.41, 5.74) is 3.48. The number of hydrazone groups is 1. The minimum Gasteiger partial charge on any atom is -0.265 e. The Bertz CT molecular complexity index is 571. The molecule has 0 atom stereocenters. The van der Waals surface area contributed by atoms with Crippen molar-refractivity contribution in [1.29, 1.82) is 0 Å². The molecule has 90 valence electrons. The molecule has 0 unspecified atom stereocenters. The topological polar surface area (TPSA) is 67.2 Å². The molecular formula is C12H9BrN4O. The van der Waals surface area contributed by atoms with Crippen LogP contribution in [0.4, 0.5) is 0 Å². The van der Waals surface area contributed by atoms with Crippen LogP contribution in [0.2, 0.25) is 0 Å². The third-order valence-electron chi connectivity index (χ3n) is 2.07. The smallest absolute Gasteiger partial charge is 0.265 e. The largest absolute Gasteiger partial charge is 0.291 e. The molecule has 1 aromatic heterocycles. The van der Waals surface area contributed by atoms with Gasteiger partial charge in [-0.15, -0.1) is 0 Å². The van der Waals surface area contributed by atoms with Crippen molar-refractivity contribution in [3.05, 3.63) is 58.6 Å². The molecule has 1 heterocycles. The number of carbonyl (C=O) groups is 1. The Morgan fingerprint density at radius 2 is 2.17 bits per heavy atom. The summed E-state index contributed by atoms with van der Waals surface area (Å²) < 4.78 is 0.905. The highest BCUT2D eigenvalue weighted by Gasteiger charge is 2.04. The van der Waals surface area contributed by atoms with E-state index >= 15 is 0 Å². The van der Waals surface area contributed by atoms with E-state index in [2.05, 4.69) is 36.4 Å². The molecule has 2 aromatic rings. The van der Waals surface area contributed by atoms with Crippen LogP contribution < -0.4 is 5.43 Å². The molecule has 2 rings (SSSR count). The molecule has 0 aliphatic carbocycles. The summed E-state index contributed by atoms with van der Waals surface area (Å²) >= 11 is 3.38. The van der Waals surface area contributed by atoms with Crippen molar-refractivity contribution in [3.8, 4) is 0 Å². The molecule has 0 saturated carbocycles. The van der Waals surface area contributed by atoms with Gasteiger partial charge in [0.25, 0.3) is 5.91 Å². The van der Waals surface area contributed by atoms with E-state index in [0.717, 1.165) is 10.0 Å². The molecule has 1 aromatic carbocycles. The first kappa shape index (κ1) is 12.4. The highest BCUT2D eigenvalue weighted by molar-refractivity contribution is 9.10. The molecule has 0 radical (unpaired) electrons. The van der Waals surface area contributed by atoms with E-state index in [1.165, 1.54) is 18.6 Å². The summed E-state index contributed by atoms with van der Waals surface area (Å²) in [6.07, 6.45) is 5.88. The monoisotopic (exact) mass is 304 g/mol. The predicted octanol–water partition coefficient (Wildman–Crippen LogP) is 2.00. The lowest BCUT2D eigenvalue weighted by atomic mass is 10.2. The maximum absolute atomic E-state index is 11.6. The Hall–Kier alpha value is -2.08. The number of benzene rings is 1. The number of aromatic nitrogens is 2. The van der Waals surface area contributed by atoms with Crippen molar-refractivity contribution in [2.75, 3.05) is 0 Å². The van der Waals surface area contributed by atoms with Gasteiger partial charge < -0.3 is 0 Å². The van der Waals surface area contributed by atoms with Crippen LogP contribution in [0.1, 0.15) is 16.1 Å². The van der Waals surface area contributed by atoms with E-state index < -0.39 is 5.91 Å². The molecule has 1 N–H and O–H groups in total. The third-order valence-corrected chi connectivity index (χ3v) is 2.79. The fourth-order valence-electron chi connectivity index (χ4n) is 1.21. The van der Waals surface area contributed by atoms with Crippen LogP contribution in [-0.4, -0.2) is 22.1 Å². The van der Waals surface area contributed by atoms with Crippen LogP contribution in [0.15, 0.2) is 52.4 Å². The quantitative estimate of drug-likeness (QED) is 0.696. The van der Waals surface area contributed by atoms with Gasteiger partial charge in [-0.25, -0.2) is 10.4 Å². The number of hydrogen-bond acceptors (Lipinski definition) is 4. The number of carbonyl (C=O) groups excluding carboxylic acids is 1. The van der Waals surface area contributed by atoms with Gasteiger partial charge in [-0.2, -0.15) is 5.10 Å². The minimum absolute atomic E-state index is 0.224. The average Bonchev–Trinajstić information content (AvgIpc) is 2.42. The Balaban J connectivity index is 2.00. The second kappa shape index (κ2) is 6.02. The van der Waals surface area contributed by atoms with Gasteiger partial charge in [0.05, 0.1) is 12.4 Å². The zero-order chi connectivity index (χ0) is 12.8. The first-order valence-electron chi connectivity index (χ1n) is 5.11. The molecule has 6 heteroatoms. The maximum atomic E-state index is 11.6. The summed E-state index contributed by atoms with van der Waals surface area (Å²) in [6.45, 7) is 0. The van der Waals surface area contributed by atoms with Crippen molar-refractivity contribution in [2.24, 2.45) is 5.10 Å². The van der Waals surface area contributed by atoms with Crippen LogP contribution in [0.3, 0.4) is 0 Å². The van der Waals surface area contributed by atoms with Gasteiger partial charge in [0.1, 0.15) is 5.69 Å².